The summed E-state index contributed by atoms with van der Waals surface area (Å²) in [4.78, 5) is 14.5. The molecular weight excluding hydrogens is 268 g/mol. The molecule has 116 valence electrons. The third-order valence-corrected chi connectivity index (χ3v) is 3.65. The van der Waals surface area contributed by atoms with Crippen molar-refractivity contribution in [1.29, 1.82) is 0 Å². The van der Waals surface area contributed by atoms with Crippen LogP contribution in [0.4, 0.5) is 0 Å². The van der Waals surface area contributed by atoms with Gasteiger partial charge in [0.1, 0.15) is 13.2 Å². The van der Waals surface area contributed by atoms with Gasteiger partial charge < -0.3 is 19.7 Å². The first-order chi connectivity index (χ1) is 10.2. The van der Waals surface area contributed by atoms with Gasteiger partial charge in [-0.1, -0.05) is 13.8 Å². The minimum Gasteiger partial charge on any atom is -0.486 e. The summed E-state index contributed by atoms with van der Waals surface area (Å²) in [6, 6.07) is 5.36. The van der Waals surface area contributed by atoms with E-state index in [-0.39, 0.29) is 5.78 Å². The van der Waals surface area contributed by atoms with Crippen LogP contribution in [0, 0.1) is 0 Å². The minimum absolute atomic E-state index is 0.0755. The molecule has 1 aliphatic heterocycles. The van der Waals surface area contributed by atoms with Crippen LogP contribution in [0.15, 0.2) is 18.2 Å². The van der Waals surface area contributed by atoms with Gasteiger partial charge in [0.15, 0.2) is 17.3 Å². The Morgan fingerprint density at radius 2 is 1.90 bits per heavy atom. The van der Waals surface area contributed by atoms with E-state index in [0.29, 0.717) is 36.8 Å². The van der Waals surface area contributed by atoms with Gasteiger partial charge in [0.25, 0.3) is 0 Å². The van der Waals surface area contributed by atoms with Crippen molar-refractivity contribution in [2.75, 3.05) is 45.9 Å². The fourth-order valence-electron chi connectivity index (χ4n) is 2.30. The fraction of sp³-hybridized carbons (Fsp3) is 0.562. The Balaban J connectivity index is 1.81. The lowest BCUT2D eigenvalue weighted by Gasteiger charge is -2.19. The number of likely N-dealkylation sites (N-methyl/N-ethyl adjacent to an activating group) is 1. The van der Waals surface area contributed by atoms with Crippen molar-refractivity contribution in [3.8, 4) is 11.5 Å². The van der Waals surface area contributed by atoms with E-state index in [2.05, 4.69) is 24.1 Å². The number of hydrogen-bond donors (Lipinski definition) is 1. The zero-order chi connectivity index (χ0) is 15.1. The van der Waals surface area contributed by atoms with Crippen LogP contribution in [0.1, 0.15) is 24.2 Å². The maximum Gasteiger partial charge on any atom is 0.176 e. The van der Waals surface area contributed by atoms with E-state index < -0.39 is 0 Å². The van der Waals surface area contributed by atoms with Gasteiger partial charge in [0, 0.05) is 18.7 Å². The van der Waals surface area contributed by atoms with Gasteiger partial charge >= 0.3 is 0 Å². The van der Waals surface area contributed by atoms with E-state index in [1.54, 1.807) is 18.2 Å². The Labute approximate surface area is 126 Å². The zero-order valence-corrected chi connectivity index (χ0v) is 12.9. The lowest BCUT2D eigenvalue weighted by molar-refractivity contribution is 0.0989. The Bertz CT molecular complexity index is 473. The van der Waals surface area contributed by atoms with Gasteiger partial charge in [-0.2, -0.15) is 0 Å². The summed E-state index contributed by atoms with van der Waals surface area (Å²) in [5, 5.41) is 3.20. The first kappa shape index (κ1) is 15.8. The number of hydrogen-bond acceptors (Lipinski definition) is 5. The normalized spacial score (nSPS) is 13.5. The van der Waals surface area contributed by atoms with Crippen molar-refractivity contribution < 1.29 is 14.3 Å². The van der Waals surface area contributed by atoms with E-state index in [1.165, 1.54) is 0 Å². The van der Waals surface area contributed by atoms with E-state index in [9.17, 15) is 4.79 Å². The molecule has 5 nitrogen and oxygen atoms in total. The number of fused-ring (bicyclic) bond motifs is 1. The third-order valence-electron chi connectivity index (χ3n) is 3.65. The number of rotatable bonds is 8. The summed E-state index contributed by atoms with van der Waals surface area (Å²) in [5.74, 6) is 1.45. The van der Waals surface area contributed by atoms with Gasteiger partial charge in [-0.05, 0) is 31.3 Å². The second kappa shape index (κ2) is 8.00. The van der Waals surface area contributed by atoms with Crippen LogP contribution in [0.2, 0.25) is 0 Å². The number of benzene rings is 1. The first-order valence-corrected chi connectivity index (χ1v) is 7.60. The number of ether oxygens (including phenoxy) is 2. The van der Waals surface area contributed by atoms with Crippen LogP contribution in [-0.4, -0.2) is 56.6 Å². The Morgan fingerprint density at radius 3 is 2.62 bits per heavy atom. The maximum absolute atomic E-state index is 12.1. The van der Waals surface area contributed by atoms with Crippen molar-refractivity contribution >= 4 is 5.78 Å². The molecule has 0 saturated heterocycles. The highest BCUT2D eigenvalue weighted by atomic mass is 16.6. The number of carbonyl (C=O) groups excluding carboxylic acids is 1. The molecule has 0 bridgehead atoms. The molecule has 1 heterocycles. The average Bonchev–Trinajstić information content (AvgIpc) is 2.54. The molecule has 2 rings (SSSR count). The summed E-state index contributed by atoms with van der Waals surface area (Å²) in [5.41, 5.74) is 0.662. The number of carbonyl (C=O) groups is 1. The highest BCUT2D eigenvalue weighted by Gasteiger charge is 2.14. The molecule has 1 N–H and O–H groups in total. The second-order valence-corrected chi connectivity index (χ2v) is 4.99. The van der Waals surface area contributed by atoms with E-state index >= 15 is 0 Å². The third kappa shape index (κ3) is 4.44. The Hall–Kier alpha value is -1.59. The average molecular weight is 292 g/mol. The van der Waals surface area contributed by atoms with Crippen molar-refractivity contribution in [2.45, 2.75) is 13.8 Å². The molecule has 21 heavy (non-hydrogen) atoms. The molecular formula is C16H24N2O3. The Kier molecular flexibility index (Phi) is 6.02. The number of nitrogens with zero attached hydrogens (tertiary/aromatic N) is 1. The maximum atomic E-state index is 12.1. The predicted molar refractivity (Wildman–Crippen MR) is 82.4 cm³/mol. The summed E-state index contributed by atoms with van der Waals surface area (Å²) >= 11 is 0. The van der Waals surface area contributed by atoms with E-state index in [4.69, 9.17) is 9.47 Å². The summed E-state index contributed by atoms with van der Waals surface area (Å²) < 4.78 is 10.9. The molecule has 0 spiro atoms. The molecule has 0 aromatic heterocycles. The van der Waals surface area contributed by atoms with Gasteiger partial charge in [-0.25, -0.2) is 0 Å². The highest BCUT2D eigenvalue weighted by Crippen LogP contribution is 2.30. The molecule has 1 aromatic rings. The topological polar surface area (TPSA) is 50.8 Å². The van der Waals surface area contributed by atoms with Gasteiger partial charge in [0.05, 0.1) is 6.54 Å². The summed E-state index contributed by atoms with van der Waals surface area (Å²) in [6.07, 6.45) is 0. The van der Waals surface area contributed by atoms with E-state index in [1.807, 2.05) is 0 Å². The molecule has 0 radical (unpaired) electrons. The first-order valence-electron chi connectivity index (χ1n) is 7.60. The van der Waals surface area contributed by atoms with Crippen LogP contribution in [0.3, 0.4) is 0 Å². The van der Waals surface area contributed by atoms with Crippen molar-refractivity contribution in [3.63, 3.8) is 0 Å². The van der Waals surface area contributed by atoms with Crippen molar-refractivity contribution in [2.24, 2.45) is 0 Å². The minimum atomic E-state index is 0.0755. The molecule has 1 aromatic carbocycles. The molecule has 0 saturated carbocycles. The van der Waals surface area contributed by atoms with Crippen molar-refractivity contribution in [1.82, 2.24) is 10.2 Å². The molecule has 5 heteroatoms. The number of Topliss-reactive ketones (excluding diaryl/α,β-unsaturated/α-hetero) is 1. The molecule has 0 fully saturated rings. The SMILES string of the molecule is CCN(CC)CCNCC(=O)c1ccc2c(c1)OCCO2. The lowest BCUT2D eigenvalue weighted by atomic mass is 10.1. The molecule has 0 unspecified atom stereocenters. The molecule has 0 amide bonds. The van der Waals surface area contributed by atoms with Gasteiger partial charge in [-0.3, -0.25) is 4.79 Å². The van der Waals surface area contributed by atoms with Gasteiger partial charge in [0.2, 0.25) is 0 Å². The summed E-state index contributed by atoms with van der Waals surface area (Å²) in [6.45, 7) is 9.58. The molecule has 0 aliphatic carbocycles. The highest BCUT2D eigenvalue weighted by molar-refractivity contribution is 5.98. The van der Waals surface area contributed by atoms with Crippen LogP contribution in [0.25, 0.3) is 0 Å². The monoisotopic (exact) mass is 292 g/mol. The van der Waals surface area contributed by atoms with Crippen LogP contribution in [0.5, 0.6) is 11.5 Å². The van der Waals surface area contributed by atoms with Gasteiger partial charge in [-0.15, -0.1) is 0 Å². The second-order valence-electron chi connectivity index (χ2n) is 4.99. The van der Waals surface area contributed by atoms with Crippen LogP contribution in [-0.2, 0) is 0 Å². The smallest absolute Gasteiger partial charge is 0.176 e. The molecule has 1 aliphatic rings. The van der Waals surface area contributed by atoms with Crippen molar-refractivity contribution in [3.05, 3.63) is 23.8 Å². The predicted octanol–water partition coefficient (Wildman–Crippen LogP) is 1.57. The summed E-state index contributed by atoms with van der Waals surface area (Å²) in [7, 11) is 0. The standard InChI is InChI=1S/C16H24N2O3/c1-3-18(4-2)8-7-17-12-14(19)13-5-6-15-16(11-13)21-10-9-20-15/h5-6,11,17H,3-4,7-10,12H2,1-2H3. The number of nitrogens with one attached hydrogen (secondary N) is 1. The molecule has 0 atom stereocenters. The lowest BCUT2D eigenvalue weighted by Crippen LogP contribution is -2.34. The largest absolute Gasteiger partial charge is 0.486 e. The fourth-order valence-corrected chi connectivity index (χ4v) is 2.30. The van der Waals surface area contributed by atoms with E-state index in [0.717, 1.165) is 26.2 Å². The Morgan fingerprint density at radius 1 is 1.19 bits per heavy atom. The zero-order valence-electron chi connectivity index (χ0n) is 12.9. The van der Waals surface area contributed by atoms with Crippen LogP contribution < -0.4 is 14.8 Å². The number of ketones is 1. The quantitative estimate of drug-likeness (QED) is 0.582. The van der Waals surface area contributed by atoms with Crippen LogP contribution >= 0.6 is 0 Å².